The van der Waals surface area contributed by atoms with Gasteiger partial charge in [-0.1, -0.05) is 31.2 Å². The number of hydrogen-bond acceptors (Lipinski definition) is 7. The van der Waals surface area contributed by atoms with Crippen LogP contribution in [0.1, 0.15) is 30.5 Å². The lowest BCUT2D eigenvalue weighted by atomic mass is 9.95. The Labute approximate surface area is 222 Å². The molecule has 1 unspecified atom stereocenters. The van der Waals surface area contributed by atoms with E-state index in [4.69, 9.17) is 18.9 Å². The van der Waals surface area contributed by atoms with Gasteiger partial charge in [-0.3, -0.25) is 9.59 Å². The quantitative estimate of drug-likeness (QED) is 0.217. The molecule has 8 nitrogen and oxygen atoms in total. The van der Waals surface area contributed by atoms with Crippen molar-refractivity contribution in [2.24, 2.45) is 0 Å². The second-order valence-electron chi connectivity index (χ2n) is 8.67. The predicted molar refractivity (Wildman–Crippen MR) is 143 cm³/mol. The Hall–Kier alpha value is -4.46. The van der Waals surface area contributed by atoms with E-state index < -0.39 is 17.7 Å². The van der Waals surface area contributed by atoms with Crippen molar-refractivity contribution in [3.8, 4) is 23.0 Å². The molecule has 0 bridgehead atoms. The highest BCUT2D eigenvalue weighted by molar-refractivity contribution is 6.46. The smallest absolute Gasteiger partial charge is 0.295 e. The van der Waals surface area contributed by atoms with Crippen LogP contribution in [0.25, 0.3) is 5.76 Å². The van der Waals surface area contributed by atoms with Crippen molar-refractivity contribution in [2.45, 2.75) is 19.4 Å². The zero-order valence-electron chi connectivity index (χ0n) is 21.7. The van der Waals surface area contributed by atoms with E-state index in [9.17, 15) is 14.7 Å². The van der Waals surface area contributed by atoms with Gasteiger partial charge in [0.25, 0.3) is 11.7 Å². The number of nitrogens with zero attached hydrogens (tertiary/aromatic N) is 1. The SMILES string of the molecule is CCCOc1cccc(/C(O)=C2/C(=O)C(=O)N(CCOc3ccc(OC)cc3)C2c2cccc(OC)c2)c1. The van der Waals surface area contributed by atoms with E-state index in [1.807, 2.05) is 6.92 Å². The number of ether oxygens (including phenoxy) is 4. The van der Waals surface area contributed by atoms with E-state index in [1.54, 1.807) is 87.0 Å². The molecule has 1 aliphatic heterocycles. The van der Waals surface area contributed by atoms with Gasteiger partial charge in [-0.05, 0) is 60.5 Å². The minimum atomic E-state index is -0.829. The van der Waals surface area contributed by atoms with Crippen molar-refractivity contribution in [3.63, 3.8) is 0 Å². The molecule has 0 radical (unpaired) electrons. The first-order valence-corrected chi connectivity index (χ1v) is 12.4. The topological polar surface area (TPSA) is 94.5 Å². The van der Waals surface area contributed by atoms with E-state index in [2.05, 4.69) is 0 Å². The Bertz CT molecular complexity index is 1320. The summed E-state index contributed by atoms with van der Waals surface area (Å²) < 4.78 is 22.1. The molecule has 198 valence electrons. The van der Waals surface area contributed by atoms with Gasteiger partial charge in [-0.15, -0.1) is 0 Å². The van der Waals surface area contributed by atoms with Crippen LogP contribution in [0.5, 0.6) is 23.0 Å². The molecule has 1 atom stereocenters. The summed E-state index contributed by atoms with van der Waals surface area (Å²) in [7, 11) is 3.13. The zero-order valence-corrected chi connectivity index (χ0v) is 21.7. The average molecular weight is 518 g/mol. The lowest BCUT2D eigenvalue weighted by Crippen LogP contribution is -2.33. The van der Waals surface area contributed by atoms with E-state index in [0.29, 0.717) is 40.7 Å². The van der Waals surface area contributed by atoms with Crippen LogP contribution in [0.2, 0.25) is 0 Å². The lowest BCUT2D eigenvalue weighted by Gasteiger charge is -2.25. The number of carbonyl (C=O) groups excluding carboxylic acids is 2. The molecule has 1 N–H and O–H groups in total. The van der Waals surface area contributed by atoms with Crippen LogP contribution in [0.15, 0.2) is 78.4 Å². The summed E-state index contributed by atoms with van der Waals surface area (Å²) in [6, 6.07) is 20.2. The maximum atomic E-state index is 13.3. The van der Waals surface area contributed by atoms with Gasteiger partial charge >= 0.3 is 0 Å². The van der Waals surface area contributed by atoms with Crippen molar-refractivity contribution in [1.82, 2.24) is 4.90 Å². The molecule has 1 aliphatic rings. The van der Waals surface area contributed by atoms with Gasteiger partial charge in [0, 0.05) is 5.56 Å². The van der Waals surface area contributed by atoms with Crippen molar-refractivity contribution in [2.75, 3.05) is 34.0 Å². The van der Waals surface area contributed by atoms with Crippen molar-refractivity contribution in [3.05, 3.63) is 89.5 Å². The number of ketones is 1. The number of rotatable bonds is 11. The molecule has 1 heterocycles. The van der Waals surface area contributed by atoms with Gasteiger partial charge in [0.05, 0.1) is 39.0 Å². The molecule has 0 aromatic heterocycles. The second kappa shape index (κ2) is 12.2. The molecule has 4 rings (SSSR count). The highest BCUT2D eigenvalue weighted by atomic mass is 16.5. The van der Waals surface area contributed by atoms with E-state index in [0.717, 1.165) is 6.42 Å². The minimum absolute atomic E-state index is 0.000317. The summed E-state index contributed by atoms with van der Waals surface area (Å²) in [5.41, 5.74) is 1.02. The van der Waals surface area contributed by atoms with Crippen LogP contribution in [-0.2, 0) is 9.59 Å². The van der Waals surface area contributed by atoms with Gasteiger partial charge in [-0.25, -0.2) is 0 Å². The number of benzene rings is 3. The molecule has 1 fully saturated rings. The van der Waals surface area contributed by atoms with E-state index >= 15 is 0 Å². The third kappa shape index (κ3) is 5.75. The van der Waals surface area contributed by atoms with Crippen LogP contribution in [-0.4, -0.2) is 55.7 Å². The number of aliphatic hydroxyl groups is 1. The summed E-state index contributed by atoms with van der Waals surface area (Å²) in [4.78, 5) is 28.0. The van der Waals surface area contributed by atoms with Gasteiger partial charge in [-0.2, -0.15) is 0 Å². The molecule has 38 heavy (non-hydrogen) atoms. The molecule has 3 aromatic carbocycles. The van der Waals surface area contributed by atoms with Crippen LogP contribution in [0.3, 0.4) is 0 Å². The maximum Gasteiger partial charge on any atom is 0.295 e. The number of methoxy groups -OCH3 is 2. The number of carbonyl (C=O) groups is 2. The average Bonchev–Trinajstić information content (AvgIpc) is 3.21. The highest BCUT2D eigenvalue weighted by Gasteiger charge is 2.46. The Morgan fingerprint density at radius 3 is 2.18 bits per heavy atom. The number of Topliss-reactive ketones (excluding diaryl/α,β-unsaturated/α-hetero) is 1. The van der Waals surface area contributed by atoms with Crippen LogP contribution >= 0.6 is 0 Å². The van der Waals surface area contributed by atoms with Crippen LogP contribution in [0, 0.1) is 0 Å². The monoisotopic (exact) mass is 517 g/mol. The Morgan fingerprint density at radius 1 is 0.816 bits per heavy atom. The second-order valence-corrected chi connectivity index (χ2v) is 8.67. The molecular formula is C30H31NO7. The molecule has 1 saturated heterocycles. The largest absolute Gasteiger partial charge is 0.507 e. The molecule has 3 aromatic rings. The zero-order chi connectivity index (χ0) is 27.1. The van der Waals surface area contributed by atoms with Crippen LogP contribution < -0.4 is 18.9 Å². The fourth-order valence-electron chi connectivity index (χ4n) is 4.31. The normalized spacial score (nSPS) is 16.4. The number of aliphatic hydroxyl groups excluding tert-OH is 1. The van der Waals surface area contributed by atoms with Crippen molar-refractivity contribution < 1.29 is 33.6 Å². The first-order valence-electron chi connectivity index (χ1n) is 12.4. The summed E-state index contributed by atoms with van der Waals surface area (Å²) in [5.74, 6) is 0.690. The summed E-state index contributed by atoms with van der Waals surface area (Å²) in [6.45, 7) is 2.78. The Morgan fingerprint density at radius 2 is 1.47 bits per heavy atom. The molecule has 0 aliphatic carbocycles. The fourth-order valence-corrected chi connectivity index (χ4v) is 4.31. The van der Waals surface area contributed by atoms with Gasteiger partial charge in [0.15, 0.2) is 0 Å². The van der Waals surface area contributed by atoms with Gasteiger partial charge < -0.3 is 29.0 Å². The number of amides is 1. The number of likely N-dealkylation sites (tertiary alicyclic amines) is 1. The first kappa shape index (κ1) is 26.6. The standard InChI is InChI=1S/C30H31NO7/c1-4-16-37-25-10-6-8-21(19-25)28(32)26-27(20-7-5-9-24(18-20)36-3)31(30(34)29(26)33)15-17-38-23-13-11-22(35-2)12-14-23/h5-14,18-19,27,32H,4,15-17H2,1-3H3/b28-26-. The summed E-state index contributed by atoms with van der Waals surface area (Å²) >= 11 is 0. The number of hydrogen-bond donors (Lipinski definition) is 1. The Balaban J connectivity index is 1.68. The highest BCUT2D eigenvalue weighted by Crippen LogP contribution is 2.40. The molecule has 0 spiro atoms. The van der Waals surface area contributed by atoms with Crippen molar-refractivity contribution in [1.29, 1.82) is 0 Å². The van der Waals surface area contributed by atoms with E-state index in [-0.39, 0.29) is 24.5 Å². The summed E-state index contributed by atoms with van der Waals surface area (Å²) in [6.07, 6.45) is 0.829. The predicted octanol–water partition coefficient (Wildman–Crippen LogP) is 4.99. The molecule has 8 heteroatoms. The van der Waals surface area contributed by atoms with Crippen LogP contribution in [0.4, 0.5) is 0 Å². The third-order valence-corrected chi connectivity index (χ3v) is 6.19. The minimum Gasteiger partial charge on any atom is -0.507 e. The first-order chi connectivity index (χ1) is 18.5. The molecule has 1 amide bonds. The van der Waals surface area contributed by atoms with E-state index in [1.165, 1.54) is 4.90 Å². The maximum absolute atomic E-state index is 13.3. The Kier molecular flexibility index (Phi) is 8.53. The summed E-state index contributed by atoms with van der Waals surface area (Å²) in [5, 5.41) is 11.3. The van der Waals surface area contributed by atoms with Gasteiger partial charge in [0.2, 0.25) is 0 Å². The third-order valence-electron chi connectivity index (χ3n) is 6.19. The van der Waals surface area contributed by atoms with Crippen molar-refractivity contribution >= 4 is 17.4 Å². The van der Waals surface area contributed by atoms with Gasteiger partial charge in [0.1, 0.15) is 35.4 Å². The molecular weight excluding hydrogens is 486 g/mol. The lowest BCUT2D eigenvalue weighted by molar-refractivity contribution is -0.140. The fraction of sp³-hybridized carbons (Fsp3) is 0.267. The molecule has 0 saturated carbocycles.